The number of anilines is 1. The van der Waals surface area contributed by atoms with E-state index in [1.807, 2.05) is 39.1 Å². The van der Waals surface area contributed by atoms with Gasteiger partial charge in [-0.1, -0.05) is 0 Å². The van der Waals surface area contributed by atoms with E-state index in [2.05, 4.69) is 15.4 Å². The summed E-state index contributed by atoms with van der Waals surface area (Å²) in [5.41, 5.74) is 7.62. The highest BCUT2D eigenvalue weighted by molar-refractivity contribution is 5.45. The summed E-state index contributed by atoms with van der Waals surface area (Å²) in [6, 6.07) is 3.99. The van der Waals surface area contributed by atoms with Gasteiger partial charge in [0.25, 0.3) is 0 Å². The van der Waals surface area contributed by atoms with E-state index in [1.165, 1.54) is 5.56 Å². The highest BCUT2D eigenvalue weighted by Crippen LogP contribution is 2.08. The predicted molar refractivity (Wildman–Crippen MR) is 64.5 cm³/mol. The number of fused-ring (bicyclic) bond motifs is 1. The third-order valence-corrected chi connectivity index (χ3v) is 2.20. The molecule has 0 aliphatic carbocycles. The first kappa shape index (κ1) is 10.9. The summed E-state index contributed by atoms with van der Waals surface area (Å²) in [5, 5.41) is 7.42. The maximum absolute atomic E-state index is 5.88. The van der Waals surface area contributed by atoms with Gasteiger partial charge in [-0.15, -0.1) is 5.10 Å². The molecule has 0 aliphatic heterocycles. The van der Waals surface area contributed by atoms with E-state index >= 15 is 0 Å². The first-order valence-electron chi connectivity index (χ1n) is 5.30. The number of nitrogens with zero attached hydrogens (tertiary/aromatic N) is 3. The average Bonchev–Trinajstić information content (AvgIpc) is 2.55. The number of aromatic nitrogens is 3. The van der Waals surface area contributed by atoms with Crippen molar-refractivity contribution in [2.24, 2.45) is 5.73 Å². The third-order valence-electron chi connectivity index (χ3n) is 2.20. The zero-order chi connectivity index (χ0) is 11.8. The fourth-order valence-corrected chi connectivity index (χ4v) is 1.37. The second kappa shape index (κ2) is 3.75. The van der Waals surface area contributed by atoms with Crippen LogP contribution in [0.4, 0.5) is 5.95 Å². The van der Waals surface area contributed by atoms with Crippen LogP contribution < -0.4 is 11.1 Å². The van der Waals surface area contributed by atoms with Crippen LogP contribution in [-0.2, 0) is 0 Å². The normalized spacial score (nSPS) is 12.0. The fraction of sp³-hybridized carbons (Fsp3) is 0.455. The van der Waals surface area contributed by atoms with Gasteiger partial charge in [-0.25, -0.2) is 4.52 Å². The van der Waals surface area contributed by atoms with Gasteiger partial charge in [0.2, 0.25) is 5.95 Å². The highest BCUT2D eigenvalue weighted by Gasteiger charge is 2.11. The summed E-state index contributed by atoms with van der Waals surface area (Å²) >= 11 is 0. The van der Waals surface area contributed by atoms with Crippen molar-refractivity contribution in [3.63, 3.8) is 0 Å². The molecule has 0 saturated heterocycles. The molecular formula is C11H17N5. The molecular weight excluding hydrogens is 202 g/mol. The quantitative estimate of drug-likeness (QED) is 0.813. The van der Waals surface area contributed by atoms with Crippen LogP contribution in [0.3, 0.4) is 0 Å². The Morgan fingerprint density at radius 3 is 2.94 bits per heavy atom. The molecule has 2 aromatic heterocycles. The third kappa shape index (κ3) is 2.49. The Morgan fingerprint density at radius 1 is 1.50 bits per heavy atom. The number of rotatable bonds is 3. The minimum Gasteiger partial charge on any atom is -0.351 e. The lowest BCUT2D eigenvalue weighted by Crippen LogP contribution is -2.39. The first-order chi connectivity index (χ1) is 7.44. The van der Waals surface area contributed by atoms with Gasteiger partial charge in [-0.2, -0.15) is 4.98 Å². The molecule has 5 heteroatoms. The number of pyridine rings is 1. The molecule has 0 amide bonds. The fourth-order valence-electron chi connectivity index (χ4n) is 1.37. The van der Waals surface area contributed by atoms with Gasteiger partial charge in [0.05, 0.1) is 0 Å². The van der Waals surface area contributed by atoms with Crippen LogP contribution in [0.25, 0.3) is 5.65 Å². The standard InChI is InChI=1S/C11H17N5/c1-8-4-5-16-9(6-8)14-10(15-16)13-7-11(2,3)12/h4-6H,7,12H2,1-3H3,(H,13,15). The van der Waals surface area contributed by atoms with Crippen molar-refractivity contribution in [1.82, 2.24) is 14.6 Å². The Morgan fingerprint density at radius 2 is 2.25 bits per heavy atom. The van der Waals surface area contributed by atoms with Crippen LogP contribution >= 0.6 is 0 Å². The van der Waals surface area contributed by atoms with Gasteiger partial charge in [0, 0.05) is 18.3 Å². The van der Waals surface area contributed by atoms with Crippen molar-refractivity contribution in [3.05, 3.63) is 23.9 Å². The lowest BCUT2D eigenvalue weighted by Gasteiger charge is -2.17. The molecule has 2 rings (SSSR count). The van der Waals surface area contributed by atoms with Crippen LogP contribution in [0, 0.1) is 6.92 Å². The van der Waals surface area contributed by atoms with Gasteiger partial charge in [-0.05, 0) is 38.5 Å². The summed E-state index contributed by atoms with van der Waals surface area (Å²) in [5.74, 6) is 0.615. The molecule has 5 nitrogen and oxygen atoms in total. The van der Waals surface area contributed by atoms with E-state index in [1.54, 1.807) is 4.52 Å². The van der Waals surface area contributed by atoms with E-state index in [-0.39, 0.29) is 5.54 Å². The van der Waals surface area contributed by atoms with Crippen LogP contribution in [0.2, 0.25) is 0 Å². The number of nitrogens with two attached hydrogens (primary N) is 1. The van der Waals surface area contributed by atoms with Gasteiger partial charge >= 0.3 is 0 Å². The van der Waals surface area contributed by atoms with E-state index in [0.717, 1.165) is 5.65 Å². The smallest absolute Gasteiger partial charge is 0.243 e. The Kier molecular flexibility index (Phi) is 2.55. The Balaban J connectivity index is 2.20. The lowest BCUT2D eigenvalue weighted by molar-refractivity contribution is 0.547. The molecule has 86 valence electrons. The number of aryl methyl sites for hydroxylation is 1. The molecule has 0 aromatic carbocycles. The Hall–Kier alpha value is -1.62. The van der Waals surface area contributed by atoms with Crippen molar-refractivity contribution in [2.75, 3.05) is 11.9 Å². The van der Waals surface area contributed by atoms with Crippen molar-refractivity contribution < 1.29 is 0 Å². The van der Waals surface area contributed by atoms with Crippen molar-refractivity contribution in [2.45, 2.75) is 26.3 Å². The number of hydrogen-bond donors (Lipinski definition) is 2. The van der Waals surface area contributed by atoms with Crippen LogP contribution in [-0.4, -0.2) is 26.7 Å². The largest absolute Gasteiger partial charge is 0.351 e. The Labute approximate surface area is 94.7 Å². The van der Waals surface area contributed by atoms with E-state index in [9.17, 15) is 0 Å². The average molecular weight is 219 g/mol. The Bertz CT molecular complexity index is 495. The number of nitrogens with one attached hydrogen (secondary N) is 1. The van der Waals surface area contributed by atoms with Crippen LogP contribution in [0.1, 0.15) is 19.4 Å². The minimum atomic E-state index is -0.270. The maximum atomic E-state index is 5.88. The summed E-state index contributed by atoms with van der Waals surface area (Å²) in [4.78, 5) is 4.36. The summed E-state index contributed by atoms with van der Waals surface area (Å²) < 4.78 is 1.75. The van der Waals surface area contributed by atoms with E-state index < -0.39 is 0 Å². The molecule has 0 unspecified atom stereocenters. The zero-order valence-electron chi connectivity index (χ0n) is 9.86. The second-order valence-electron chi connectivity index (χ2n) is 4.78. The lowest BCUT2D eigenvalue weighted by atomic mass is 10.1. The molecule has 3 N–H and O–H groups in total. The van der Waals surface area contributed by atoms with Gasteiger partial charge in [0.15, 0.2) is 5.65 Å². The van der Waals surface area contributed by atoms with Gasteiger partial charge in [-0.3, -0.25) is 0 Å². The maximum Gasteiger partial charge on any atom is 0.243 e. The van der Waals surface area contributed by atoms with Crippen LogP contribution in [0.5, 0.6) is 0 Å². The van der Waals surface area contributed by atoms with Crippen molar-refractivity contribution >= 4 is 11.6 Å². The second-order valence-corrected chi connectivity index (χ2v) is 4.78. The minimum absolute atomic E-state index is 0.270. The van der Waals surface area contributed by atoms with Gasteiger partial charge < -0.3 is 11.1 Å². The topological polar surface area (TPSA) is 68.2 Å². The molecule has 0 bridgehead atoms. The molecule has 0 aliphatic rings. The molecule has 0 fully saturated rings. The molecule has 2 heterocycles. The SMILES string of the molecule is Cc1ccn2nc(NCC(C)(C)N)nc2c1. The summed E-state index contributed by atoms with van der Waals surface area (Å²) in [6.07, 6.45) is 1.90. The van der Waals surface area contributed by atoms with Gasteiger partial charge in [0.1, 0.15) is 0 Å². The molecule has 2 aromatic rings. The molecule has 0 radical (unpaired) electrons. The van der Waals surface area contributed by atoms with Crippen LogP contribution in [0.15, 0.2) is 18.3 Å². The summed E-state index contributed by atoms with van der Waals surface area (Å²) in [6.45, 7) is 6.59. The molecule has 16 heavy (non-hydrogen) atoms. The molecule has 0 atom stereocenters. The monoisotopic (exact) mass is 219 g/mol. The molecule has 0 spiro atoms. The number of hydrogen-bond acceptors (Lipinski definition) is 4. The van der Waals surface area contributed by atoms with Crippen molar-refractivity contribution in [3.8, 4) is 0 Å². The zero-order valence-corrected chi connectivity index (χ0v) is 9.86. The summed E-state index contributed by atoms with van der Waals surface area (Å²) in [7, 11) is 0. The predicted octanol–water partition coefficient (Wildman–Crippen LogP) is 1.19. The van der Waals surface area contributed by atoms with Crippen molar-refractivity contribution in [1.29, 1.82) is 0 Å². The van der Waals surface area contributed by atoms with E-state index in [0.29, 0.717) is 12.5 Å². The first-order valence-corrected chi connectivity index (χ1v) is 5.30. The highest BCUT2D eigenvalue weighted by atomic mass is 15.3. The molecule has 0 saturated carbocycles. The van der Waals surface area contributed by atoms with E-state index in [4.69, 9.17) is 5.73 Å².